The highest BCUT2D eigenvalue weighted by atomic mass is 16.6. The van der Waals surface area contributed by atoms with Gasteiger partial charge in [0.25, 0.3) is 0 Å². The van der Waals surface area contributed by atoms with Crippen LogP contribution in [-0.4, -0.2) is 30.0 Å². The average Bonchev–Trinajstić information content (AvgIpc) is 2.25. The first-order valence-electron chi connectivity index (χ1n) is 7.89. The lowest BCUT2D eigenvalue weighted by Gasteiger charge is -2.38. The van der Waals surface area contributed by atoms with Crippen molar-refractivity contribution in [1.29, 1.82) is 0 Å². The Balaban J connectivity index is 4.73. The van der Waals surface area contributed by atoms with Gasteiger partial charge in [-0.1, -0.05) is 34.6 Å². The lowest BCUT2D eigenvalue weighted by molar-refractivity contribution is 0.0328. The zero-order valence-corrected chi connectivity index (χ0v) is 15.2. The number of alkyl carbamates (subject to hydrolysis) is 1. The van der Waals surface area contributed by atoms with Crippen LogP contribution in [0.25, 0.3) is 0 Å². The number of amides is 1. The zero-order valence-electron chi connectivity index (χ0n) is 15.2. The number of hydrogen-bond donors (Lipinski definition) is 2. The third-order valence-electron chi connectivity index (χ3n) is 3.90. The normalized spacial score (nSPS) is 15.7. The average molecular weight is 301 g/mol. The smallest absolute Gasteiger partial charge is 0.407 e. The van der Waals surface area contributed by atoms with Crippen LogP contribution in [0.4, 0.5) is 4.79 Å². The molecule has 126 valence electrons. The molecule has 0 aliphatic rings. The van der Waals surface area contributed by atoms with Crippen LogP contribution in [0.3, 0.4) is 0 Å². The van der Waals surface area contributed by atoms with Gasteiger partial charge in [-0.15, -0.1) is 0 Å². The monoisotopic (exact) mass is 301 g/mol. The Morgan fingerprint density at radius 2 is 1.62 bits per heavy atom. The maximum absolute atomic E-state index is 11.8. The van der Waals surface area contributed by atoms with Gasteiger partial charge in [0.1, 0.15) is 5.60 Å². The molecule has 0 bridgehead atoms. The number of aliphatic hydroxyl groups excluding tert-OH is 1. The van der Waals surface area contributed by atoms with Crippen molar-refractivity contribution in [3.8, 4) is 0 Å². The molecule has 0 aliphatic carbocycles. The first kappa shape index (κ1) is 20.2. The number of hydrogen-bond acceptors (Lipinski definition) is 3. The van der Waals surface area contributed by atoms with Crippen LogP contribution in [0.15, 0.2) is 0 Å². The second-order valence-corrected chi connectivity index (χ2v) is 8.59. The molecule has 0 saturated heterocycles. The molecule has 0 aromatic carbocycles. The van der Waals surface area contributed by atoms with Crippen LogP contribution < -0.4 is 5.32 Å². The summed E-state index contributed by atoms with van der Waals surface area (Å²) in [4.78, 5) is 11.8. The third-order valence-corrected chi connectivity index (χ3v) is 3.90. The molecule has 1 unspecified atom stereocenters. The van der Waals surface area contributed by atoms with E-state index in [2.05, 4.69) is 39.9 Å². The lowest BCUT2D eigenvalue weighted by atomic mass is 9.71. The molecular weight excluding hydrogens is 266 g/mol. The Bertz CT molecular complexity index is 326. The van der Waals surface area contributed by atoms with Crippen molar-refractivity contribution in [3.05, 3.63) is 0 Å². The van der Waals surface area contributed by atoms with Gasteiger partial charge in [-0.2, -0.15) is 0 Å². The van der Waals surface area contributed by atoms with E-state index in [-0.39, 0.29) is 23.4 Å². The summed E-state index contributed by atoms with van der Waals surface area (Å²) < 4.78 is 5.27. The summed E-state index contributed by atoms with van der Waals surface area (Å²) in [6.07, 6.45) is 1.46. The Kier molecular flexibility index (Phi) is 7.21. The number of carbonyl (C=O) groups excluding carboxylic acids is 1. The van der Waals surface area contributed by atoms with Crippen molar-refractivity contribution in [1.82, 2.24) is 5.32 Å². The number of aliphatic hydroxyl groups is 1. The fraction of sp³-hybridized carbons (Fsp3) is 0.941. The summed E-state index contributed by atoms with van der Waals surface area (Å²) in [5, 5.41) is 12.7. The molecular formula is C17H35NO3. The molecule has 0 heterocycles. The second-order valence-electron chi connectivity index (χ2n) is 8.59. The minimum absolute atomic E-state index is 0.0660. The minimum atomic E-state index is -0.505. The maximum Gasteiger partial charge on any atom is 0.407 e. The second kappa shape index (κ2) is 7.48. The number of carbonyl (C=O) groups is 1. The highest BCUT2D eigenvalue weighted by molar-refractivity contribution is 5.67. The fourth-order valence-electron chi connectivity index (χ4n) is 2.09. The molecule has 0 saturated carbocycles. The highest BCUT2D eigenvalue weighted by Crippen LogP contribution is 2.36. The summed E-state index contributed by atoms with van der Waals surface area (Å²) in [7, 11) is 0. The Morgan fingerprint density at radius 3 is 1.95 bits per heavy atom. The zero-order chi connectivity index (χ0) is 16.9. The van der Waals surface area contributed by atoms with Crippen LogP contribution in [0.2, 0.25) is 0 Å². The Hall–Kier alpha value is -0.770. The van der Waals surface area contributed by atoms with Crippen LogP contribution in [0.1, 0.15) is 68.2 Å². The summed E-state index contributed by atoms with van der Waals surface area (Å²) in [6.45, 7) is 16.8. The van der Waals surface area contributed by atoms with E-state index in [1.165, 1.54) is 0 Å². The van der Waals surface area contributed by atoms with Gasteiger partial charge in [0.2, 0.25) is 0 Å². The van der Waals surface area contributed by atoms with Gasteiger partial charge >= 0.3 is 6.09 Å². The van der Waals surface area contributed by atoms with Crippen molar-refractivity contribution in [2.75, 3.05) is 13.2 Å². The van der Waals surface area contributed by atoms with E-state index in [9.17, 15) is 9.90 Å². The molecule has 21 heavy (non-hydrogen) atoms. The van der Waals surface area contributed by atoms with E-state index < -0.39 is 11.7 Å². The summed E-state index contributed by atoms with van der Waals surface area (Å²) in [6, 6.07) is 0. The molecule has 0 rings (SSSR count). The van der Waals surface area contributed by atoms with Gasteiger partial charge in [0.15, 0.2) is 0 Å². The van der Waals surface area contributed by atoms with Crippen LogP contribution >= 0.6 is 0 Å². The topological polar surface area (TPSA) is 58.6 Å². The predicted molar refractivity (Wildman–Crippen MR) is 87.3 cm³/mol. The molecule has 0 radical (unpaired) electrons. The predicted octanol–water partition coefficient (Wildman–Crippen LogP) is 3.97. The largest absolute Gasteiger partial charge is 0.444 e. The third kappa shape index (κ3) is 8.30. The van der Waals surface area contributed by atoms with Crippen molar-refractivity contribution >= 4 is 6.09 Å². The first-order chi connectivity index (χ1) is 9.31. The molecule has 4 nitrogen and oxygen atoms in total. The Labute approximate surface area is 130 Å². The van der Waals surface area contributed by atoms with Gasteiger partial charge < -0.3 is 15.2 Å². The maximum atomic E-state index is 11.8. The quantitative estimate of drug-likeness (QED) is 0.780. The van der Waals surface area contributed by atoms with E-state index in [4.69, 9.17) is 4.74 Å². The van der Waals surface area contributed by atoms with Gasteiger partial charge in [0.05, 0.1) is 6.61 Å². The molecule has 1 atom stereocenters. The summed E-state index contributed by atoms with van der Waals surface area (Å²) >= 11 is 0. The molecule has 0 aromatic rings. The molecule has 0 spiro atoms. The summed E-state index contributed by atoms with van der Waals surface area (Å²) in [5.41, 5.74) is -0.597. The number of ether oxygens (including phenoxy) is 1. The molecule has 0 fully saturated rings. The van der Waals surface area contributed by atoms with Gasteiger partial charge in [-0.05, 0) is 44.9 Å². The lowest BCUT2D eigenvalue weighted by Crippen LogP contribution is -2.45. The minimum Gasteiger partial charge on any atom is -0.444 e. The van der Waals surface area contributed by atoms with Gasteiger partial charge in [0, 0.05) is 12.0 Å². The standard InChI is InChI=1S/C17H35NO3/c1-13(2)17(12-19,10-9-15(3,4)5)11-18-14(20)21-16(6,7)8/h13,19H,9-12H2,1-8H3,(H,18,20). The van der Waals surface area contributed by atoms with E-state index in [0.29, 0.717) is 6.54 Å². The summed E-state index contributed by atoms with van der Waals surface area (Å²) in [5.74, 6) is 0.278. The molecule has 4 heteroatoms. The Morgan fingerprint density at radius 1 is 1.10 bits per heavy atom. The van der Waals surface area contributed by atoms with Gasteiger partial charge in [-0.25, -0.2) is 4.79 Å². The van der Waals surface area contributed by atoms with Crippen molar-refractivity contribution < 1.29 is 14.6 Å². The molecule has 0 aromatic heterocycles. The fourth-order valence-corrected chi connectivity index (χ4v) is 2.09. The van der Waals surface area contributed by atoms with Crippen molar-refractivity contribution in [3.63, 3.8) is 0 Å². The molecule has 0 aliphatic heterocycles. The van der Waals surface area contributed by atoms with E-state index in [0.717, 1.165) is 12.8 Å². The van der Waals surface area contributed by atoms with Crippen LogP contribution in [0.5, 0.6) is 0 Å². The number of rotatable bonds is 6. The van der Waals surface area contributed by atoms with Crippen molar-refractivity contribution in [2.45, 2.75) is 73.8 Å². The van der Waals surface area contributed by atoms with Crippen molar-refractivity contribution in [2.24, 2.45) is 16.7 Å². The van der Waals surface area contributed by atoms with Crippen LogP contribution in [-0.2, 0) is 4.74 Å². The number of nitrogens with one attached hydrogen (secondary N) is 1. The molecule has 2 N–H and O–H groups in total. The van der Waals surface area contributed by atoms with E-state index in [1.54, 1.807) is 0 Å². The van der Waals surface area contributed by atoms with E-state index in [1.807, 2.05) is 20.8 Å². The van der Waals surface area contributed by atoms with E-state index >= 15 is 0 Å². The first-order valence-corrected chi connectivity index (χ1v) is 7.89. The molecule has 1 amide bonds. The highest BCUT2D eigenvalue weighted by Gasteiger charge is 2.35. The van der Waals surface area contributed by atoms with Gasteiger partial charge in [-0.3, -0.25) is 0 Å². The SMILES string of the molecule is CC(C)C(CO)(CCC(C)(C)C)CNC(=O)OC(C)(C)C. The van der Waals surface area contributed by atoms with Crippen LogP contribution in [0, 0.1) is 16.7 Å².